The number of hydrogen-bond donors (Lipinski definition) is 0. The lowest BCUT2D eigenvalue weighted by Gasteiger charge is -2.25. The SMILES string of the molecule is CN(C(=O)C1(C(=O)CC(C)(C)C)CC1)c1ccc(F)cc1. The fraction of sp³-hybridized carbons (Fsp3) is 0.529. The highest BCUT2D eigenvalue weighted by Gasteiger charge is 2.57. The molecule has 0 unspecified atom stereocenters. The zero-order valence-corrected chi connectivity index (χ0v) is 13.1. The number of anilines is 1. The Morgan fingerprint density at radius 3 is 2.14 bits per heavy atom. The molecule has 21 heavy (non-hydrogen) atoms. The van der Waals surface area contributed by atoms with E-state index in [0.29, 0.717) is 24.9 Å². The summed E-state index contributed by atoms with van der Waals surface area (Å²) < 4.78 is 13.0. The quantitative estimate of drug-likeness (QED) is 0.795. The van der Waals surface area contributed by atoms with Gasteiger partial charge in [-0.05, 0) is 42.5 Å². The van der Waals surface area contributed by atoms with Crippen molar-refractivity contribution in [3.63, 3.8) is 0 Å². The van der Waals surface area contributed by atoms with Crippen molar-refractivity contribution in [2.24, 2.45) is 10.8 Å². The Hall–Kier alpha value is -1.71. The summed E-state index contributed by atoms with van der Waals surface area (Å²) in [7, 11) is 1.64. The number of hydrogen-bond acceptors (Lipinski definition) is 2. The maximum Gasteiger partial charge on any atom is 0.240 e. The van der Waals surface area contributed by atoms with E-state index in [1.165, 1.54) is 17.0 Å². The first-order valence-corrected chi connectivity index (χ1v) is 7.23. The monoisotopic (exact) mass is 291 g/mol. The summed E-state index contributed by atoms with van der Waals surface area (Å²) in [5.41, 5.74) is -0.367. The van der Waals surface area contributed by atoms with E-state index in [4.69, 9.17) is 0 Å². The Morgan fingerprint density at radius 2 is 1.71 bits per heavy atom. The number of carbonyl (C=O) groups excluding carboxylic acids is 2. The first-order chi connectivity index (χ1) is 9.66. The van der Waals surface area contributed by atoms with Gasteiger partial charge in [0.15, 0.2) is 0 Å². The molecule has 0 saturated heterocycles. The molecule has 2 rings (SSSR count). The van der Waals surface area contributed by atoms with Crippen LogP contribution in [0.5, 0.6) is 0 Å². The number of rotatable bonds is 4. The molecule has 1 aromatic rings. The van der Waals surface area contributed by atoms with Gasteiger partial charge in [0.25, 0.3) is 0 Å². The minimum Gasteiger partial charge on any atom is -0.315 e. The maximum atomic E-state index is 13.0. The Bertz CT molecular complexity index is 553. The molecule has 1 aliphatic carbocycles. The first kappa shape index (κ1) is 15.7. The molecule has 0 aromatic heterocycles. The smallest absolute Gasteiger partial charge is 0.240 e. The Morgan fingerprint density at radius 1 is 1.19 bits per heavy atom. The van der Waals surface area contributed by atoms with Crippen molar-refractivity contribution in [2.75, 3.05) is 11.9 Å². The molecule has 1 amide bonds. The molecule has 3 nitrogen and oxygen atoms in total. The van der Waals surface area contributed by atoms with Gasteiger partial charge in [0.1, 0.15) is 17.0 Å². The van der Waals surface area contributed by atoms with Crippen LogP contribution in [0.2, 0.25) is 0 Å². The van der Waals surface area contributed by atoms with Gasteiger partial charge in [-0.2, -0.15) is 0 Å². The molecule has 1 fully saturated rings. The highest BCUT2D eigenvalue weighted by molar-refractivity contribution is 6.14. The number of Topliss-reactive ketones (excluding diaryl/α,β-unsaturated/α-hetero) is 1. The van der Waals surface area contributed by atoms with Crippen LogP contribution in [-0.4, -0.2) is 18.7 Å². The minimum atomic E-state index is -0.851. The predicted octanol–water partition coefficient (Wildman–Crippen LogP) is 3.57. The van der Waals surface area contributed by atoms with Gasteiger partial charge in [-0.15, -0.1) is 0 Å². The van der Waals surface area contributed by atoms with Crippen molar-refractivity contribution in [1.29, 1.82) is 0 Å². The Labute approximate surface area is 125 Å². The van der Waals surface area contributed by atoms with Gasteiger partial charge in [-0.3, -0.25) is 9.59 Å². The van der Waals surface area contributed by atoms with Gasteiger partial charge in [0.05, 0.1) is 0 Å². The topological polar surface area (TPSA) is 37.4 Å². The summed E-state index contributed by atoms with van der Waals surface area (Å²) in [4.78, 5) is 26.6. The van der Waals surface area contributed by atoms with E-state index < -0.39 is 5.41 Å². The number of benzene rings is 1. The van der Waals surface area contributed by atoms with Crippen molar-refractivity contribution in [1.82, 2.24) is 0 Å². The molecule has 0 atom stereocenters. The standard InChI is InChI=1S/C17H22FNO2/c1-16(2,3)11-14(20)17(9-10-17)15(21)19(4)13-7-5-12(18)6-8-13/h5-8H,9-11H2,1-4H3. The lowest BCUT2D eigenvalue weighted by Crippen LogP contribution is -2.39. The maximum absolute atomic E-state index is 13.0. The third-order valence-electron chi connectivity index (χ3n) is 3.90. The largest absolute Gasteiger partial charge is 0.315 e. The van der Waals surface area contributed by atoms with Crippen molar-refractivity contribution in [3.05, 3.63) is 30.1 Å². The third kappa shape index (κ3) is 3.31. The van der Waals surface area contributed by atoms with Gasteiger partial charge >= 0.3 is 0 Å². The molecule has 0 radical (unpaired) electrons. The highest BCUT2D eigenvalue weighted by atomic mass is 19.1. The van der Waals surface area contributed by atoms with Gasteiger partial charge in [-0.25, -0.2) is 4.39 Å². The number of halogens is 1. The lowest BCUT2D eigenvalue weighted by molar-refractivity contribution is -0.135. The van der Waals surface area contributed by atoms with Gasteiger partial charge < -0.3 is 4.90 Å². The molecule has 0 N–H and O–H groups in total. The molecule has 0 aliphatic heterocycles. The summed E-state index contributed by atoms with van der Waals surface area (Å²) in [6.45, 7) is 5.99. The van der Waals surface area contributed by atoms with Crippen molar-refractivity contribution in [3.8, 4) is 0 Å². The lowest BCUT2D eigenvalue weighted by atomic mass is 9.83. The molecule has 4 heteroatoms. The predicted molar refractivity (Wildman–Crippen MR) is 80.6 cm³/mol. The van der Waals surface area contributed by atoms with E-state index in [-0.39, 0.29) is 22.9 Å². The van der Waals surface area contributed by atoms with Crippen LogP contribution in [-0.2, 0) is 9.59 Å². The second kappa shape index (κ2) is 5.24. The van der Waals surface area contributed by atoms with Crippen LogP contribution in [0.25, 0.3) is 0 Å². The van der Waals surface area contributed by atoms with Crippen molar-refractivity contribution >= 4 is 17.4 Å². The number of carbonyl (C=O) groups is 2. The molecular weight excluding hydrogens is 269 g/mol. The summed E-state index contributed by atoms with van der Waals surface area (Å²) in [6, 6.07) is 5.74. The van der Waals surface area contributed by atoms with Crippen LogP contribution in [0.3, 0.4) is 0 Å². The normalized spacial score (nSPS) is 16.4. The fourth-order valence-corrected chi connectivity index (χ4v) is 2.49. The highest BCUT2D eigenvalue weighted by Crippen LogP contribution is 2.50. The zero-order valence-electron chi connectivity index (χ0n) is 13.1. The second-order valence-electron chi connectivity index (χ2n) is 7.08. The van der Waals surface area contributed by atoms with Crippen LogP contribution in [0.15, 0.2) is 24.3 Å². The van der Waals surface area contributed by atoms with Crippen LogP contribution >= 0.6 is 0 Å². The molecule has 1 aliphatic rings. The van der Waals surface area contributed by atoms with E-state index in [1.807, 2.05) is 20.8 Å². The van der Waals surface area contributed by atoms with Crippen LogP contribution in [0.1, 0.15) is 40.0 Å². The average Bonchev–Trinajstić information content (AvgIpc) is 3.17. The van der Waals surface area contributed by atoms with E-state index in [9.17, 15) is 14.0 Å². The number of ketones is 1. The second-order valence-corrected chi connectivity index (χ2v) is 7.08. The minimum absolute atomic E-state index is 0.0222. The van der Waals surface area contributed by atoms with E-state index >= 15 is 0 Å². The van der Waals surface area contributed by atoms with Crippen molar-refractivity contribution < 1.29 is 14.0 Å². The first-order valence-electron chi connectivity index (χ1n) is 7.23. The molecule has 1 aromatic carbocycles. The number of amides is 1. The fourth-order valence-electron chi connectivity index (χ4n) is 2.49. The molecule has 114 valence electrons. The molecule has 0 spiro atoms. The van der Waals surface area contributed by atoms with E-state index in [0.717, 1.165) is 0 Å². The average molecular weight is 291 g/mol. The van der Waals surface area contributed by atoms with E-state index in [2.05, 4.69) is 0 Å². The summed E-state index contributed by atoms with van der Waals surface area (Å²) >= 11 is 0. The summed E-state index contributed by atoms with van der Waals surface area (Å²) in [5.74, 6) is -0.498. The molecule has 1 saturated carbocycles. The van der Waals surface area contributed by atoms with Crippen LogP contribution < -0.4 is 4.90 Å². The Kier molecular flexibility index (Phi) is 3.91. The zero-order chi connectivity index (χ0) is 15.8. The van der Waals surface area contributed by atoms with Crippen LogP contribution in [0, 0.1) is 16.6 Å². The van der Waals surface area contributed by atoms with Crippen molar-refractivity contribution in [2.45, 2.75) is 40.0 Å². The number of nitrogens with zero attached hydrogens (tertiary/aromatic N) is 1. The molecular formula is C17H22FNO2. The summed E-state index contributed by atoms with van der Waals surface area (Å²) in [5, 5.41) is 0. The third-order valence-corrected chi connectivity index (χ3v) is 3.90. The van der Waals surface area contributed by atoms with E-state index in [1.54, 1.807) is 19.2 Å². The summed E-state index contributed by atoms with van der Waals surface area (Å²) in [6.07, 6.45) is 1.63. The molecule has 0 bridgehead atoms. The van der Waals surface area contributed by atoms with Gasteiger partial charge in [-0.1, -0.05) is 20.8 Å². The van der Waals surface area contributed by atoms with Gasteiger partial charge in [0, 0.05) is 19.2 Å². The Balaban J connectivity index is 2.15. The molecule has 0 heterocycles. The van der Waals surface area contributed by atoms with Crippen LogP contribution in [0.4, 0.5) is 10.1 Å². The van der Waals surface area contributed by atoms with Gasteiger partial charge in [0.2, 0.25) is 5.91 Å².